The van der Waals surface area contributed by atoms with Crippen molar-refractivity contribution in [3.8, 4) is 17.2 Å². The monoisotopic (exact) mass is 491 g/mol. The van der Waals surface area contributed by atoms with Crippen molar-refractivity contribution in [2.45, 2.75) is 38.7 Å². The molecule has 7 nitrogen and oxygen atoms in total. The van der Waals surface area contributed by atoms with Crippen LogP contribution in [0.4, 0.5) is 5.69 Å². The summed E-state index contributed by atoms with van der Waals surface area (Å²) in [4.78, 5) is 27.3. The molecule has 0 aromatic heterocycles. The average Bonchev–Trinajstić information content (AvgIpc) is 3.18. The standard InChI is InChI=1S/C29H33NO6/c1-29(2)14-16-11-19(18-12-21(34-4)22(35-5)13-20(18)33-3)25(26-24(16)23(15-29)36-28(26)32)27(31)30-17-9-7-6-8-10-17/h6-13,19,23-26H,14-15H2,1-5H3,(H,30,31)/t19-,23-,24+,25+,26-/m1/s1. The van der Waals surface area contributed by atoms with Crippen molar-refractivity contribution in [1.29, 1.82) is 0 Å². The molecule has 1 amide bonds. The normalized spacial score (nSPS) is 27.9. The van der Waals surface area contributed by atoms with Gasteiger partial charge in [0.2, 0.25) is 5.91 Å². The van der Waals surface area contributed by atoms with Gasteiger partial charge >= 0.3 is 5.97 Å². The molecule has 2 fully saturated rings. The number of rotatable bonds is 6. The van der Waals surface area contributed by atoms with E-state index in [1.54, 1.807) is 27.4 Å². The van der Waals surface area contributed by atoms with Crippen LogP contribution in [0.5, 0.6) is 17.2 Å². The van der Waals surface area contributed by atoms with Gasteiger partial charge in [-0.3, -0.25) is 9.59 Å². The Morgan fingerprint density at radius 2 is 1.64 bits per heavy atom. The van der Waals surface area contributed by atoms with Gasteiger partial charge in [0.1, 0.15) is 11.9 Å². The number of hydrogen-bond donors (Lipinski definition) is 1. The number of amides is 1. The molecule has 2 aromatic rings. The van der Waals surface area contributed by atoms with E-state index in [4.69, 9.17) is 18.9 Å². The average molecular weight is 492 g/mol. The molecule has 2 aliphatic carbocycles. The second-order valence-electron chi connectivity index (χ2n) is 10.7. The molecule has 0 spiro atoms. The number of allylic oxidation sites excluding steroid dienone is 1. The number of esters is 1. The minimum atomic E-state index is -0.676. The molecular formula is C29H33NO6. The number of methoxy groups -OCH3 is 3. The maximum absolute atomic E-state index is 13.9. The lowest BCUT2D eigenvalue weighted by Crippen LogP contribution is -2.45. The third-order valence-corrected chi connectivity index (χ3v) is 7.80. The van der Waals surface area contributed by atoms with Crippen LogP contribution in [0.3, 0.4) is 0 Å². The van der Waals surface area contributed by atoms with Gasteiger partial charge in [0, 0.05) is 29.2 Å². The second kappa shape index (κ2) is 9.19. The zero-order valence-electron chi connectivity index (χ0n) is 21.4. The number of nitrogens with one attached hydrogen (secondary N) is 1. The lowest BCUT2D eigenvalue weighted by Gasteiger charge is -2.44. The molecule has 1 saturated heterocycles. The molecule has 190 valence electrons. The number of carbonyl (C=O) groups excluding carboxylic acids is 2. The molecule has 7 heteroatoms. The zero-order valence-corrected chi connectivity index (χ0v) is 21.4. The van der Waals surface area contributed by atoms with Crippen molar-refractivity contribution in [1.82, 2.24) is 0 Å². The van der Waals surface area contributed by atoms with Crippen molar-refractivity contribution < 1.29 is 28.5 Å². The van der Waals surface area contributed by atoms with Crippen LogP contribution >= 0.6 is 0 Å². The summed E-state index contributed by atoms with van der Waals surface area (Å²) < 4.78 is 22.8. The molecule has 1 N–H and O–H groups in total. The van der Waals surface area contributed by atoms with E-state index in [9.17, 15) is 9.59 Å². The van der Waals surface area contributed by atoms with Gasteiger partial charge < -0.3 is 24.3 Å². The first-order chi connectivity index (χ1) is 17.3. The van der Waals surface area contributed by atoms with Gasteiger partial charge in [-0.2, -0.15) is 0 Å². The zero-order chi connectivity index (χ0) is 25.6. The predicted molar refractivity (Wildman–Crippen MR) is 135 cm³/mol. The van der Waals surface area contributed by atoms with Crippen molar-refractivity contribution >= 4 is 17.6 Å². The molecule has 0 bridgehead atoms. The third kappa shape index (κ3) is 4.10. The molecule has 0 unspecified atom stereocenters. The van der Waals surface area contributed by atoms with E-state index in [1.807, 2.05) is 36.4 Å². The Labute approximate surface area is 211 Å². The highest BCUT2D eigenvalue weighted by molar-refractivity contribution is 5.97. The number of benzene rings is 2. The SMILES string of the molecule is COc1cc(OC)c([C@H]2C=C3CC(C)(C)C[C@H]4OC(=O)[C@@H]([C@H]2C(=O)Nc2ccccc2)[C@@H]34)cc1OC. The van der Waals surface area contributed by atoms with Crippen LogP contribution in [-0.4, -0.2) is 39.3 Å². The van der Waals surface area contributed by atoms with E-state index in [2.05, 4.69) is 25.2 Å². The van der Waals surface area contributed by atoms with Gasteiger partial charge in [-0.15, -0.1) is 0 Å². The highest BCUT2D eigenvalue weighted by atomic mass is 16.6. The van der Waals surface area contributed by atoms with Crippen molar-refractivity contribution in [2.75, 3.05) is 26.6 Å². The maximum atomic E-state index is 13.9. The number of carbonyl (C=O) groups is 2. The Morgan fingerprint density at radius 1 is 0.972 bits per heavy atom. The maximum Gasteiger partial charge on any atom is 0.310 e. The second-order valence-corrected chi connectivity index (χ2v) is 10.7. The van der Waals surface area contributed by atoms with Gasteiger partial charge in [0.25, 0.3) is 0 Å². The Balaban J connectivity index is 1.67. The van der Waals surface area contributed by atoms with Crippen LogP contribution in [0.25, 0.3) is 0 Å². The topological polar surface area (TPSA) is 83.1 Å². The van der Waals surface area contributed by atoms with Gasteiger partial charge in [-0.1, -0.05) is 43.7 Å². The van der Waals surface area contributed by atoms with Crippen molar-refractivity contribution in [3.63, 3.8) is 0 Å². The number of para-hydroxylation sites is 1. The number of hydrogen-bond acceptors (Lipinski definition) is 6. The van der Waals surface area contributed by atoms with Crippen LogP contribution in [0.15, 0.2) is 54.1 Å². The molecule has 5 atom stereocenters. The minimum Gasteiger partial charge on any atom is -0.496 e. The summed E-state index contributed by atoms with van der Waals surface area (Å²) in [5.41, 5.74) is 2.63. The lowest BCUT2D eigenvalue weighted by molar-refractivity contribution is -0.148. The highest BCUT2D eigenvalue weighted by Gasteiger charge is 2.59. The van der Waals surface area contributed by atoms with Gasteiger partial charge in [0.15, 0.2) is 11.5 Å². The summed E-state index contributed by atoms with van der Waals surface area (Å²) in [6.45, 7) is 4.40. The molecule has 1 saturated carbocycles. The van der Waals surface area contributed by atoms with E-state index in [-0.39, 0.29) is 29.3 Å². The lowest BCUT2D eigenvalue weighted by atomic mass is 9.58. The van der Waals surface area contributed by atoms with Gasteiger partial charge in [-0.05, 0) is 36.5 Å². The smallest absolute Gasteiger partial charge is 0.310 e. The first kappa shape index (κ1) is 24.2. The van der Waals surface area contributed by atoms with Crippen LogP contribution in [0, 0.1) is 23.2 Å². The Bertz CT molecular complexity index is 1200. The minimum absolute atomic E-state index is 0.00641. The van der Waals surface area contributed by atoms with Crippen molar-refractivity contribution in [3.05, 3.63) is 59.7 Å². The number of ether oxygens (including phenoxy) is 4. The van der Waals surface area contributed by atoms with Crippen LogP contribution < -0.4 is 19.5 Å². The van der Waals surface area contributed by atoms with E-state index in [0.717, 1.165) is 18.4 Å². The largest absolute Gasteiger partial charge is 0.496 e. The first-order valence-electron chi connectivity index (χ1n) is 12.3. The number of anilines is 1. The molecule has 5 rings (SSSR count). The van der Waals surface area contributed by atoms with Crippen LogP contribution in [0.1, 0.15) is 38.2 Å². The molecule has 1 heterocycles. The Kier molecular flexibility index (Phi) is 6.18. The summed E-state index contributed by atoms with van der Waals surface area (Å²) in [6, 6.07) is 12.9. The first-order valence-corrected chi connectivity index (χ1v) is 12.3. The van der Waals surface area contributed by atoms with Gasteiger partial charge in [0.05, 0.1) is 33.2 Å². The summed E-state index contributed by atoms with van der Waals surface area (Å²) in [6.07, 6.45) is 3.60. The molecule has 1 aliphatic heterocycles. The van der Waals surface area contributed by atoms with Crippen LogP contribution in [-0.2, 0) is 14.3 Å². The van der Waals surface area contributed by atoms with Gasteiger partial charge in [-0.25, -0.2) is 0 Å². The summed E-state index contributed by atoms with van der Waals surface area (Å²) in [7, 11) is 4.73. The fourth-order valence-electron chi connectivity index (χ4n) is 6.37. The van der Waals surface area contributed by atoms with Crippen molar-refractivity contribution in [2.24, 2.45) is 23.2 Å². The summed E-state index contributed by atoms with van der Waals surface area (Å²) in [5.74, 6) is -0.641. The molecule has 3 aliphatic rings. The third-order valence-electron chi connectivity index (χ3n) is 7.80. The molecular weight excluding hydrogens is 458 g/mol. The quantitative estimate of drug-likeness (QED) is 0.454. The molecule has 36 heavy (non-hydrogen) atoms. The molecule has 2 aromatic carbocycles. The highest BCUT2D eigenvalue weighted by Crippen LogP contribution is 2.58. The molecule has 0 radical (unpaired) electrons. The van der Waals surface area contributed by atoms with E-state index >= 15 is 0 Å². The van der Waals surface area contributed by atoms with E-state index < -0.39 is 17.8 Å². The Morgan fingerprint density at radius 3 is 2.31 bits per heavy atom. The van der Waals surface area contributed by atoms with Crippen LogP contribution in [0.2, 0.25) is 0 Å². The van der Waals surface area contributed by atoms with E-state index in [1.165, 1.54) is 5.57 Å². The fraction of sp³-hybridized carbons (Fsp3) is 0.448. The Hall–Kier alpha value is -3.48. The fourth-order valence-corrected chi connectivity index (χ4v) is 6.37. The van der Waals surface area contributed by atoms with E-state index in [0.29, 0.717) is 22.9 Å². The summed E-state index contributed by atoms with van der Waals surface area (Å²) in [5, 5.41) is 3.04. The predicted octanol–water partition coefficient (Wildman–Crippen LogP) is 4.97. The summed E-state index contributed by atoms with van der Waals surface area (Å²) >= 11 is 0.